The molecule has 5 rings (SSSR count). The highest BCUT2D eigenvalue weighted by molar-refractivity contribution is 5.12. The van der Waals surface area contributed by atoms with E-state index in [-0.39, 0.29) is 6.01 Å². The highest BCUT2D eigenvalue weighted by atomic mass is 16.5. The Hall–Kier alpha value is -1.14. The molecule has 0 amide bonds. The van der Waals surface area contributed by atoms with Crippen LogP contribution in [0.3, 0.4) is 0 Å². The number of hydrogen-bond donors (Lipinski definition) is 2. The Balaban J connectivity index is 1.40. The molecule has 0 aromatic carbocycles. The molecule has 4 aliphatic carbocycles. The second-order valence-corrected chi connectivity index (χ2v) is 6.35. The van der Waals surface area contributed by atoms with E-state index in [2.05, 4.69) is 15.6 Å². The maximum Gasteiger partial charge on any atom is 0.330 e. The first kappa shape index (κ1) is 11.7. The minimum atomic E-state index is 0.240. The van der Waals surface area contributed by atoms with Crippen LogP contribution >= 0.6 is 0 Å². The van der Waals surface area contributed by atoms with Gasteiger partial charge in [-0.1, -0.05) is 5.10 Å². The highest BCUT2D eigenvalue weighted by Gasteiger charge is 2.48. The van der Waals surface area contributed by atoms with Gasteiger partial charge in [-0.3, -0.25) is 5.43 Å². The second-order valence-electron chi connectivity index (χ2n) is 6.35. The Morgan fingerprint density at radius 2 is 1.79 bits per heavy atom. The molecule has 0 saturated heterocycles. The Morgan fingerprint density at radius 3 is 2.37 bits per heavy atom. The van der Waals surface area contributed by atoms with Crippen LogP contribution in [0, 0.1) is 23.7 Å². The maximum absolute atomic E-state index is 6.10. The third-order valence-corrected chi connectivity index (χ3v) is 5.13. The van der Waals surface area contributed by atoms with Gasteiger partial charge in [0.1, 0.15) is 6.61 Å². The average Bonchev–Trinajstić information content (AvgIpc) is 2.85. The number of anilines is 1. The largest absolute Gasteiger partial charge is 0.405 e. The van der Waals surface area contributed by atoms with E-state index in [1.54, 1.807) is 0 Å². The quantitative estimate of drug-likeness (QED) is 0.636. The van der Waals surface area contributed by atoms with Crippen molar-refractivity contribution in [3.8, 4) is 0 Å². The van der Waals surface area contributed by atoms with Gasteiger partial charge in [-0.25, -0.2) is 5.84 Å². The molecule has 3 N–H and O–H groups in total. The molecule has 4 fully saturated rings. The van der Waals surface area contributed by atoms with Crippen LogP contribution in [0.15, 0.2) is 4.42 Å². The molecule has 0 atom stereocenters. The van der Waals surface area contributed by atoms with Gasteiger partial charge in [0.2, 0.25) is 5.89 Å². The number of hydrazine groups is 1. The summed E-state index contributed by atoms with van der Waals surface area (Å²) in [5.74, 6) is 9.17. The normalized spacial score (nSPS) is 39.7. The lowest BCUT2D eigenvalue weighted by Crippen LogP contribution is -2.49. The Labute approximate surface area is 112 Å². The molecular weight excluding hydrogens is 244 g/mol. The third kappa shape index (κ3) is 2.03. The van der Waals surface area contributed by atoms with Crippen LogP contribution in [-0.2, 0) is 11.3 Å². The van der Waals surface area contributed by atoms with Crippen LogP contribution in [0.2, 0.25) is 0 Å². The monoisotopic (exact) mass is 264 g/mol. The lowest BCUT2D eigenvalue weighted by Gasteiger charge is -2.53. The Kier molecular flexibility index (Phi) is 2.73. The fourth-order valence-corrected chi connectivity index (χ4v) is 4.69. The van der Waals surface area contributed by atoms with E-state index in [0.29, 0.717) is 18.6 Å². The summed E-state index contributed by atoms with van der Waals surface area (Å²) < 4.78 is 11.4. The van der Waals surface area contributed by atoms with Gasteiger partial charge in [0.05, 0.1) is 6.10 Å². The summed E-state index contributed by atoms with van der Waals surface area (Å²) in [4.78, 5) is 0. The molecule has 0 spiro atoms. The van der Waals surface area contributed by atoms with Gasteiger partial charge in [-0.15, -0.1) is 5.10 Å². The molecule has 0 radical (unpaired) electrons. The van der Waals surface area contributed by atoms with Crippen LogP contribution in [-0.4, -0.2) is 16.3 Å². The van der Waals surface area contributed by atoms with Crippen LogP contribution in [0.25, 0.3) is 0 Å². The van der Waals surface area contributed by atoms with Crippen molar-refractivity contribution in [3.05, 3.63) is 5.89 Å². The molecule has 6 heteroatoms. The molecule has 4 saturated carbocycles. The van der Waals surface area contributed by atoms with Gasteiger partial charge < -0.3 is 9.15 Å². The predicted molar refractivity (Wildman–Crippen MR) is 67.7 cm³/mol. The summed E-state index contributed by atoms with van der Waals surface area (Å²) in [6, 6.07) is 0.240. The van der Waals surface area contributed by atoms with Crippen LogP contribution < -0.4 is 11.3 Å². The first-order valence-corrected chi connectivity index (χ1v) is 7.22. The summed E-state index contributed by atoms with van der Waals surface area (Å²) in [6.07, 6.45) is 7.30. The van der Waals surface area contributed by atoms with Gasteiger partial charge in [0.25, 0.3) is 0 Å². The summed E-state index contributed by atoms with van der Waals surface area (Å²) in [5, 5.41) is 7.66. The number of hydrogen-bond acceptors (Lipinski definition) is 6. The third-order valence-electron chi connectivity index (χ3n) is 5.13. The fourth-order valence-electron chi connectivity index (χ4n) is 4.69. The van der Waals surface area contributed by atoms with E-state index in [0.717, 1.165) is 23.7 Å². The van der Waals surface area contributed by atoms with Crippen molar-refractivity contribution in [1.29, 1.82) is 0 Å². The van der Waals surface area contributed by atoms with Gasteiger partial charge >= 0.3 is 6.01 Å². The van der Waals surface area contributed by atoms with Crippen molar-refractivity contribution in [3.63, 3.8) is 0 Å². The fraction of sp³-hybridized carbons (Fsp3) is 0.846. The van der Waals surface area contributed by atoms with Crippen molar-refractivity contribution in [1.82, 2.24) is 10.2 Å². The number of nitrogen functional groups attached to an aromatic ring is 1. The Bertz CT molecular complexity index is 433. The predicted octanol–water partition coefficient (Wildman–Crippen LogP) is 1.70. The second kappa shape index (κ2) is 4.45. The van der Waals surface area contributed by atoms with Gasteiger partial charge in [0.15, 0.2) is 0 Å². The lowest BCUT2D eigenvalue weighted by molar-refractivity contribution is -0.135. The number of aromatic nitrogens is 2. The molecule has 4 bridgehead atoms. The molecular formula is C13H20N4O2. The highest BCUT2D eigenvalue weighted by Crippen LogP contribution is 2.54. The molecule has 6 nitrogen and oxygen atoms in total. The SMILES string of the molecule is NNc1nnc(COC2C3CC4CC(C3)CC2C4)o1. The number of nitrogens with one attached hydrogen (secondary N) is 1. The topological polar surface area (TPSA) is 86.2 Å². The van der Waals surface area contributed by atoms with E-state index < -0.39 is 0 Å². The maximum atomic E-state index is 6.10. The van der Waals surface area contributed by atoms with E-state index in [4.69, 9.17) is 15.0 Å². The number of rotatable bonds is 4. The lowest BCUT2D eigenvalue weighted by atomic mass is 9.55. The van der Waals surface area contributed by atoms with Crippen LogP contribution in [0.1, 0.15) is 38.0 Å². The van der Waals surface area contributed by atoms with Crippen LogP contribution in [0.5, 0.6) is 0 Å². The summed E-state index contributed by atoms with van der Waals surface area (Å²) in [5.41, 5.74) is 2.34. The van der Waals surface area contributed by atoms with Crippen molar-refractivity contribution >= 4 is 6.01 Å². The summed E-state index contributed by atoms with van der Waals surface area (Å²) >= 11 is 0. The van der Waals surface area contributed by atoms with Gasteiger partial charge in [-0.2, -0.15) is 0 Å². The average molecular weight is 264 g/mol. The molecule has 4 aliphatic rings. The minimum absolute atomic E-state index is 0.240. The van der Waals surface area contributed by atoms with E-state index in [9.17, 15) is 0 Å². The molecule has 1 aromatic rings. The zero-order valence-corrected chi connectivity index (χ0v) is 10.9. The molecule has 0 unspecified atom stereocenters. The first-order valence-electron chi connectivity index (χ1n) is 7.22. The molecule has 1 heterocycles. The van der Waals surface area contributed by atoms with E-state index in [1.807, 2.05) is 0 Å². The minimum Gasteiger partial charge on any atom is -0.405 e. The summed E-state index contributed by atoms with van der Waals surface area (Å²) in [6.45, 7) is 0.404. The molecule has 1 aromatic heterocycles. The molecule has 19 heavy (non-hydrogen) atoms. The first-order chi connectivity index (χ1) is 9.31. The number of ether oxygens (including phenoxy) is 1. The number of nitrogens with zero attached hydrogens (tertiary/aromatic N) is 2. The van der Waals surface area contributed by atoms with Crippen molar-refractivity contribution < 1.29 is 9.15 Å². The van der Waals surface area contributed by atoms with Crippen molar-refractivity contribution in [2.45, 2.75) is 44.8 Å². The van der Waals surface area contributed by atoms with Crippen molar-refractivity contribution in [2.24, 2.45) is 29.5 Å². The van der Waals surface area contributed by atoms with Gasteiger partial charge in [-0.05, 0) is 55.8 Å². The molecule has 104 valence electrons. The molecule has 0 aliphatic heterocycles. The smallest absolute Gasteiger partial charge is 0.330 e. The van der Waals surface area contributed by atoms with Gasteiger partial charge in [0, 0.05) is 0 Å². The zero-order chi connectivity index (χ0) is 12.8. The summed E-state index contributed by atoms with van der Waals surface area (Å²) in [7, 11) is 0. The van der Waals surface area contributed by atoms with E-state index in [1.165, 1.54) is 32.1 Å². The number of nitrogens with two attached hydrogens (primary N) is 1. The Morgan fingerprint density at radius 1 is 1.11 bits per heavy atom. The van der Waals surface area contributed by atoms with Crippen molar-refractivity contribution in [2.75, 3.05) is 5.43 Å². The van der Waals surface area contributed by atoms with E-state index >= 15 is 0 Å². The standard InChI is InChI=1S/C13H20N4O2/c14-15-13-17-16-11(19-13)6-18-12-9-2-7-1-8(4-9)5-10(12)3-7/h7-10,12H,1-6,14H2,(H,15,17). The van der Waals surface area contributed by atoms with Crippen LogP contribution in [0.4, 0.5) is 6.01 Å². The zero-order valence-electron chi connectivity index (χ0n) is 10.9.